The van der Waals surface area contributed by atoms with Crippen LogP contribution in [0.5, 0.6) is 0 Å². The number of aromatic nitrogens is 2. The van der Waals surface area contributed by atoms with E-state index in [0.717, 1.165) is 10.0 Å². The van der Waals surface area contributed by atoms with Crippen molar-refractivity contribution in [1.82, 2.24) is 14.9 Å². The number of hydrogen-bond acceptors (Lipinski definition) is 2. The van der Waals surface area contributed by atoms with Crippen LogP contribution in [-0.4, -0.2) is 15.5 Å². The molecule has 0 atom stereocenters. The fourth-order valence-corrected chi connectivity index (χ4v) is 1.85. The average molecular weight is 294 g/mol. The van der Waals surface area contributed by atoms with Gasteiger partial charge in [-0.2, -0.15) is 0 Å². The zero-order chi connectivity index (χ0) is 12.3. The van der Waals surface area contributed by atoms with E-state index in [-0.39, 0.29) is 5.91 Å². The monoisotopic (exact) mass is 293 g/mol. The minimum atomic E-state index is -0.123. The maximum atomic E-state index is 11.8. The zero-order valence-corrected chi connectivity index (χ0v) is 10.9. The fraction of sp³-hybridized carbons (Fsp3) is 0.167. The normalized spacial score (nSPS) is 10.2. The number of nitrogens with one attached hydrogen (secondary N) is 1. The Morgan fingerprint density at radius 1 is 1.53 bits per heavy atom. The standard InChI is InChI=1S/C12H12BrN3O/c1-16-3-2-9(8-16)5-15-12(17)10-4-11(13)7-14-6-10/h2-4,6-8H,5H2,1H3,(H,15,17). The Hall–Kier alpha value is -1.62. The minimum Gasteiger partial charge on any atom is -0.357 e. The molecule has 2 rings (SSSR count). The second-order valence-corrected chi connectivity index (χ2v) is 4.68. The summed E-state index contributed by atoms with van der Waals surface area (Å²) in [6, 6.07) is 3.72. The first-order valence-electron chi connectivity index (χ1n) is 5.15. The zero-order valence-electron chi connectivity index (χ0n) is 9.35. The molecule has 0 bridgehead atoms. The molecule has 1 N–H and O–H groups in total. The average Bonchev–Trinajstić information content (AvgIpc) is 2.72. The molecule has 0 saturated heterocycles. The van der Waals surface area contributed by atoms with Gasteiger partial charge in [0.05, 0.1) is 5.56 Å². The molecule has 2 aromatic rings. The highest BCUT2D eigenvalue weighted by atomic mass is 79.9. The molecule has 0 aliphatic heterocycles. The van der Waals surface area contributed by atoms with E-state index in [9.17, 15) is 4.79 Å². The molecule has 0 unspecified atom stereocenters. The minimum absolute atomic E-state index is 0.123. The van der Waals surface area contributed by atoms with Crippen molar-refractivity contribution in [2.45, 2.75) is 6.54 Å². The van der Waals surface area contributed by atoms with Crippen LogP contribution in [0.15, 0.2) is 41.4 Å². The number of rotatable bonds is 3. The van der Waals surface area contributed by atoms with Gasteiger partial charge in [0.1, 0.15) is 0 Å². The molecule has 0 aliphatic carbocycles. The summed E-state index contributed by atoms with van der Waals surface area (Å²) >= 11 is 3.28. The summed E-state index contributed by atoms with van der Waals surface area (Å²) in [5.74, 6) is -0.123. The lowest BCUT2D eigenvalue weighted by atomic mass is 10.2. The van der Waals surface area contributed by atoms with Gasteiger partial charge in [0.15, 0.2) is 0 Å². The van der Waals surface area contributed by atoms with Crippen molar-refractivity contribution in [2.75, 3.05) is 0 Å². The molecule has 4 nitrogen and oxygen atoms in total. The van der Waals surface area contributed by atoms with E-state index < -0.39 is 0 Å². The third-order valence-corrected chi connectivity index (χ3v) is 2.75. The van der Waals surface area contributed by atoms with Crippen molar-refractivity contribution < 1.29 is 4.79 Å². The highest BCUT2D eigenvalue weighted by Gasteiger charge is 2.06. The number of carbonyl (C=O) groups excluding carboxylic acids is 1. The van der Waals surface area contributed by atoms with Gasteiger partial charge in [0, 0.05) is 42.9 Å². The number of nitrogens with zero attached hydrogens (tertiary/aromatic N) is 2. The van der Waals surface area contributed by atoms with Gasteiger partial charge >= 0.3 is 0 Å². The van der Waals surface area contributed by atoms with Gasteiger partial charge in [0.2, 0.25) is 0 Å². The van der Waals surface area contributed by atoms with Crippen molar-refractivity contribution in [2.24, 2.45) is 7.05 Å². The summed E-state index contributed by atoms with van der Waals surface area (Å²) in [7, 11) is 1.95. The first-order valence-corrected chi connectivity index (χ1v) is 5.94. The predicted octanol–water partition coefficient (Wildman–Crippen LogP) is 2.11. The van der Waals surface area contributed by atoms with E-state index in [2.05, 4.69) is 26.2 Å². The van der Waals surface area contributed by atoms with E-state index in [1.54, 1.807) is 18.5 Å². The third-order valence-electron chi connectivity index (χ3n) is 2.31. The van der Waals surface area contributed by atoms with Gasteiger partial charge in [0.25, 0.3) is 5.91 Å². The van der Waals surface area contributed by atoms with Crippen LogP contribution in [0.2, 0.25) is 0 Å². The van der Waals surface area contributed by atoms with Gasteiger partial charge in [-0.1, -0.05) is 0 Å². The summed E-state index contributed by atoms with van der Waals surface area (Å²) < 4.78 is 2.74. The summed E-state index contributed by atoms with van der Waals surface area (Å²) in [5.41, 5.74) is 1.62. The Bertz CT molecular complexity index is 536. The molecule has 0 aromatic carbocycles. The van der Waals surface area contributed by atoms with E-state index in [1.165, 1.54) is 0 Å². The summed E-state index contributed by atoms with van der Waals surface area (Å²) in [4.78, 5) is 15.8. The second kappa shape index (κ2) is 5.14. The lowest BCUT2D eigenvalue weighted by Gasteiger charge is -2.03. The lowest BCUT2D eigenvalue weighted by molar-refractivity contribution is 0.0950. The first kappa shape index (κ1) is 11.9. The molecule has 0 radical (unpaired) electrons. The van der Waals surface area contributed by atoms with Crippen LogP contribution < -0.4 is 5.32 Å². The maximum absolute atomic E-state index is 11.8. The molecule has 0 spiro atoms. The van der Waals surface area contributed by atoms with Crippen LogP contribution in [0.25, 0.3) is 0 Å². The van der Waals surface area contributed by atoms with Gasteiger partial charge in [-0.25, -0.2) is 0 Å². The van der Waals surface area contributed by atoms with Crippen molar-refractivity contribution in [1.29, 1.82) is 0 Å². The SMILES string of the molecule is Cn1ccc(CNC(=O)c2cncc(Br)c2)c1. The lowest BCUT2D eigenvalue weighted by Crippen LogP contribution is -2.22. The van der Waals surface area contributed by atoms with E-state index in [4.69, 9.17) is 0 Å². The van der Waals surface area contributed by atoms with Gasteiger partial charge in [-0.05, 0) is 33.6 Å². The third kappa shape index (κ3) is 3.17. The molecular weight excluding hydrogens is 282 g/mol. The summed E-state index contributed by atoms with van der Waals surface area (Å²) in [5, 5.41) is 2.84. The molecule has 0 saturated carbocycles. The number of aryl methyl sites for hydroxylation is 1. The predicted molar refractivity (Wildman–Crippen MR) is 68.5 cm³/mol. The Kier molecular flexibility index (Phi) is 3.58. The number of carbonyl (C=O) groups is 1. The number of hydrogen-bond donors (Lipinski definition) is 1. The molecule has 88 valence electrons. The highest BCUT2D eigenvalue weighted by Crippen LogP contribution is 2.09. The van der Waals surface area contributed by atoms with Crippen LogP contribution in [0, 0.1) is 0 Å². The molecule has 2 aromatic heterocycles. The van der Waals surface area contributed by atoms with Gasteiger partial charge in [-0.3, -0.25) is 9.78 Å². The molecule has 0 fully saturated rings. The molecule has 5 heteroatoms. The molecular formula is C12H12BrN3O. The molecule has 1 amide bonds. The second-order valence-electron chi connectivity index (χ2n) is 3.76. The largest absolute Gasteiger partial charge is 0.357 e. The number of pyridine rings is 1. The Morgan fingerprint density at radius 3 is 3.00 bits per heavy atom. The van der Waals surface area contributed by atoms with Crippen LogP contribution in [0.1, 0.15) is 15.9 Å². The summed E-state index contributed by atoms with van der Waals surface area (Å²) in [6.07, 6.45) is 7.11. The Balaban J connectivity index is 1.98. The van der Waals surface area contributed by atoms with Gasteiger partial charge < -0.3 is 9.88 Å². The molecule has 2 heterocycles. The van der Waals surface area contributed by atoms with E-state index in [1.807, 2.05) is 30.1 Å². The van der Waals surface area contributed by atoms with Crippen molar-refractivity contribution in [3.8, 4) is 0 Å². The highest BCUT2D eigenvalue weighted by molar-refractivity contribution is 9.10. The topological polar surface area (TPSA) is 46.9 Å². The van der Waals surface area contributed by atoms with E-state index >= 15 is 0 Å². The molecule has 0 aliphatic rings. The number of amides is 1. The van der Waals surface area contributed by atoms with Crippen LogP contribution in [-0.2, 0) is 13.6 Å². The quantitative estimate of drug-likeness (QED) is 0.942. The van der Waals surface area contributed by atoms with Crippen molar-refractivity contribution in [3.05, 3.63) is 52.5 Å². The molecule has 17 heavy (non-hydrogen) atoms. The van der Waals surface area contributed by atoms with Crippen molar-refractivity contribution >= 4 is 21.8 Å². The van der Waals surface area contributed by atoms with Gasteiger partial charge in [-0.15, -0.1) is 0 Å². The Morgan fingerprint density at radius 2 is 2.35 bits per heavy atom. The van der Waals surface area contributed by atoms with Crippen LogP contribution in [0.4, 0.5) is 0 Å². The maximum Gasteiger partial charge on any atom is 0.253 e. The fourth-order valence-electron chi connectivity index (χ4n) is 1.49. The van der Waals surface area contributed by atoms with Crippen LogP contribution in [0.3, 0.4) is 0 Å². The smallest absolute Gasteiger partial charge is 0.253 e. The van der Waals surface area contributed by atoms with Crippen molar-refractivity contribution in [3.63, 3.8) is 0 Å². The van der Waals surface area contributed by atoms with E-state index in [0.29, 0.717) is 12.1 Å². The van der Waals surface area contributed by atoms with Crippen LogP contribution >= 0.6 is 15.9 Å². The first-order chi connectivity index (χ1) is 8.15. The summed E-state index contributed by atoms with van der Waals surface area (Å²) in [6.45, 7) is 0.520. The Labute approximate surface area is 108 Å². The number of halogens is 1.